The summed E-state index contributed by atoms with van der Waals surface area (Å²) in [5, 5.41) is 2.81. The van der Waals surface area contributed by atoms with Gasteiger partial charge in [0.25, 0.3) is 0 Å². The topological polar surface area (TPSA) is 58.4 Å². The molecule has 17 heavy (non-hydrogen) atoms. The summed E-state index contributed by atoms with van der Waals surface area (Å²) in [5.74, 6) is -0.0394. The third-order valence-electron chi connectivity index (χ3n) is 2.25. The molecule has 0 aromatic heterocycles. The number of anilines is 1. The van der Waals surface area contributed by atoms with Crippen LogP contribution in [0.3, 0.4) is 0 Å². The Morgan fingerprint density at radius 1 is 1.41 bits per heavy atom. The van der Waals surface area contributed by atoms with Crippen LogP contribution in [0.4, 0.5) is 5.69 Å². The van der Waals surface area contributed by atoms with E-state index in [4.69, 9.17) is 18.0 Å². The minimum Gasteiger partial charge on any atom is -0.389 e. The lowest BCUT2D eigenvalue weighted by Gasteiger charge is -2.12. The number of nitrogens with zero attached hydrogens (tertiary/aromatic N) is 1. The molecule has 4 nitrogen and oxygen atoms in total. The van der Waals surface area contributed by atoms with Gasteiger partial charge in [0.2, 0.25) is 5.91 Å². The standard InChI is InChI=1S/C12H17N3OS/c1-15(2)8-7-11(16)14-10-6-4-3-5-9(10)12(13)17/h3-6H,7-8H2,1-2H3,(H2,13,17)(H,14,16). The summed E-state index contributed by atoms with van der Waals surface area (Å²) in [6.45, 7) is 0.709. The summed E-state index contributed by atoms with van der Waals surface area (Å²) in [5.41, 5.74) is 6.95. The number of carbonyl (C=O) groups is 1. The molecular weight excluding hydrogens is 234 g/mol. The van der Waals surface area contributed by atoms with E-state index in [-0.39, 0.29) is 10.9 Å². The Bertz CT molecular complexity index is 418. The van der Waals surface area contributed by atoms with Crippen LogP contribution < -0.4 is 11.1 Å². The zero-order chi connectivity index (χ0) is 12.8. The van der Waals surface area contributed by atoms with Crippen LogP contribution in [0.1, 0.15) is 12.0 Å². The average molecular weight is 251 g/mol. The number of carbonyl (C=O) groups excluding carboxylic acids is 1. The minimum atomic E-state index is -0.0394. The molecule has 1 aromatic carbocycles. The lowest BCUT2D eigenvalue weighted by molar-refractivity contribution is -0.116. The third kappa shape index (κ3) is 4.50. The first-order valence-corrected chi connectivity index (χ1v) is 5.75. The highest BCUT2D eigenvalue weighted by Crippen LogP contribution is 2.14. The van der Waals surface area contributed by atoms with E-state index in [1.165, 1.54) is 0 Å². The molecule has 0 saturated carbocycles. The molecule has 3 N–H and O–H groups in total. The van der Waals surface area contributed by atoms with Crippen molar-refractivity contribution >= 4 is 28.8 Å². The first-order valence-electron chi connectivity index (χ1n) is 5.34. The number of para-hydroxylation sites is 1. The summed E-state index contributed by atoms with van der Waals surface area (Å²) in [6, 6.07) is 7.26. The first kappa shape index (κ1) is 13.6. The molecule has 0 atom stereocenters. The molecule has 92 valence electrons. The molecule has 0 spiro atoms. The van der Waals surface area contributed by atoms with Gasteiger partial charge in [0.05, 0.1) is 5.69 Å². The lowest BCUT2D eigenvalue weighted by atomic mass is 10.1. The fraction of sp³-hybridized carbons (Fsp3) is 0.333. The quantitative estimate of drug-likeness (QED) is 0.772. The van der Waals surface area contributed by atoms with Gasteiger partial charge in [-0.15, -0.1) is 0 Å². The molecule has 0 aliphatic heterocycles. The molecule has 1 amide bonds. The predicted molar refractivity (Wildman–Crippen MR) is 74.1 cm³/mol. The molecule has 0 unspecified atom stereocenters. The SMILES string of the molecule is CN(C)CCC(=O)Nc1ccccc1C(N)=S. The van der Waals surface area contributed by atoms with Crippen LogP contribution in [-0.2, 0) is 4.79 Å². The van der Waals surface area contributed by atoms with Gasteiger partial charge in [-0.3, -0.25) is 4.79 Å². The van der Waals surface area contributed by atoms with Gasteiger partial charge in [0, 0.05) is 18.5 Å². The molecule has 0 fully saturated rings. The highest BCUT2D eigenvalue weighted by atomic mass is 32.1. The largest absolute Gasteiger partial charge is 0.389 e. The van der Waals surface area contributed by atoms with E-state index in [2.05, 4.69) is 5.32 Å². The van der Waals surface area contributed by atoms with Crippen LogP contribution in [0, 0.1) is 0 Å². The van der Waals surface area contributed by atoms with Crippen molar-refractivity contribution in [1.29, 1.82) is 0 Å². The number of nitrogens with two attached hydrogens (primary N) is 1. The number of benzene rings is 1. The first-order chi connectivity index (χ1) is 8.00. The third-order valence-corrected chi connectivity index (χ3v) is 2.47. The Labute approximate surface area is 107 Å². The molecular formula is C12H17N3OS. The molecule has 0 heterocycles. The number of rotatable bonds is 5. The van der Waals surface area contributed by atoms with E-state index in [0.717, 1.165) is 0 Å². The summed E-state index contributed by atoms with van der Waals surface area (Å²) in [7, 11) is 3.85. The van der Waals surface area contributed by atoms with Gasteiger partial charge in [-0.05, 0) is 26.2 Å². The minimum absolute atomic E-state index is 0.0394. The lowest BCUT2D eigenvalue weighted by Crippen LogP contribution is -2.22. The highest BCUT2D eigenvalue weighted by Gasteiger charge is 2.08. The maximum absolute atomic E-state index is 11.7. The van der Waals surface area contributed by atoms with Crippen molar-refractivity contribution in [3.05, 3.63) is 29.8 Å². The Morgan fingerprint density at radius 2 is 2.06 bits per heavy atom. The van der Waals surface area contributed by atoms with Gasteiger partial charge < -0.3 is 16.0 Å². The number of thiocarbonyl (C=S) groups is 1. The molecule has 0 saturated heterocycles. The Kier molecular flexibility index (Phi) is 5.06. The van der Waals surface area contributed by atoms with E-state index in [1.807, 2.05) is 31.1 Å². The maximum Gasteiger partial charge on any atom is 0.225 e. The highest BCUT2D eigenvalue weighted by molar-refractivity contribution is 7.80. The Balaban J connectivity index is 2.68. The van der Waals surface area contributed by atoms with Crippen LogP contribution in [0.25, 0.3) is 0 Å². The van der Waals surface area contributed by atoms with Gasteiger partial charge in [0.15, 0.2) is 0 Å². The van der Waals surface area contributed by atoms with Crippen LogP contribution in [0.5, 0.6) is 0 Å². The summed E-state index contributed by atoms with van der Waals surface area (Å²) < 4.78 is 0. The van der Waals surface area contributed by atoms with Crippen LogP contribution in [0.2, 0.25) is 0 Å². The molecule has 0 aliphatic carbocycles. The Morgan fingerprint density at radius 3 is 2.65 bits per heavy atom. The average Bonchev–Trinajstić information content (AvgIpc) is 2.27. The van der Waals surface area contributed by atoms with Gasteiger partial charge in [-0.25, -0.2) is 0 Å². The van der Waals surface area contributed by atoms with Gasteiger partial charge in [0.1, 0.15) is 4.99 Å². The van der Waals surface area contributed by atoms with E-state index >= 15 is 0 Å². The zero-order valence-corrected chi connectivity index (χ0v) is 10.9. The zero-order valence-electron chi connectivity index (χ0n) is 10.1. The summed E-state index contributed by atoms with van der Waals surface area (Å²) >= 11 is 4.93. The van der Waals surface area contributed by atoms with Crippen molar-refractivity contribution in [3.63, 3.8) is 0 Å². The van der Waals surface area contributed by atoms with Crippen molar-refractivity contribution in [1.82, 2.24) is 4.90 Å². The van der Waals surface area contributed by atoms with E-state index in [9.17, 15) is 4.79 Å². The second-order valence-electron chi connectivity index (χ2n) is 4.01. The van der Waals surface area contributed by atoms with E-state index < -0.39 is 0 Å². The van der Waals surface area contributed by atoms with Gasteiger partial charge in [-0.2, -0.15) is 0 Å². The molecule has 1 aromatic rings. The van der Waals surface area contributed by atoms with E-state index in [0.29, 0.717) is 24.2 Å². The molecule has 5 heteroatoms. The number of hydrogen-bond donors (Lipinski definition) is 2. The molecule has 1 rings (SSSR count). The second-order valence-corrected chi connectivity index (χ2v) is 4.45. The van der Waals surface area contributed by atoms with Crippen molar-refractivity contribution < 1.29 is 4.79 Å². The molecule has 0 radical (unpaired) electrons. The summed E-state index contributed by atoms with van der Waals surface area (Å²) in [4.78, 5) is 13.9. The summed E-state index contributed by atoms with van der Waals surface area (Å²) in [6.07, 6.45) is 0.443. The fourth-order valence-corrected chi connectivity index (χ4v) is 1.52. The molecule has 0 aliphatic rings. The normalized spacial score (nSPS) is 10.3. The van der Waals surface area contributed by atoms with Crippen LogP contribution in [-0.4, -0.2) is 36.4 Å². The van der Waals surface area contributed by atoms with Crippen LogP contribution >= 0.6 is 12.2 Å². The number of nitrogens with one attached hydrogen (secondary N) is 1. The van der Waals surface area contributed by atoms with Gasteiger partial charge >= 0.3 is 0 Å². The smallest absolute Gasteiger partial charge is 0.225 e. The maximum atomic E-state index is 11.7. The van der Waals surface area contributed by atoms with Crippen molar-refractivity contribution in [2.75, 3.05) is 26.0 Å². The second kappa shape index (κ2) is 6.32. The molecule has 0 bridgehead atoms. The number of amides is 1. The van der Waals surface area contributed by atoms with Crippen molar-refractivity contribution in [2.24, 2.45) is 5.73 Å². The Hall–Kier alpha value is -1.46. The monoisotopic (exact) mass is 251 g/mol. The van der Waals surface area contributed by atoms with Crippen LogP contribution in [0.15, 0.2) is 24.3 Å². The van der Waals surface area contributed by atoms with Gasteiger partial charge in [-0.1, -0.05) is 24.4 Å². The fourth-order valence-electron chi connectivity index (χ4n) is 1.34. The number of hydrogen-bond acceptors (Lipinski definition) is 3. The van der Waals surface area contributed by atoms with Crippen molar-refractivity contribution in [2.45, 2.75) is 6.42 Å². The van der Waals surface area contributed by atoms with Crippen molar-refractivity contribution in [3.8, 4) is 0 Å². The predicted octanol–water partition coefficient (Wildman–Crippen LogP) is 1.21. The van der Waals surface area contributed by atoms with E-state index in [1.54, 1.807) is 12.1 Å².